The molecular formula is C52H83NO3. The third-order valence-electron chi connectivity index (χ3n) is 9.12. The van der Waals surface area contributed by atoms with Crippen LogP contribution in [0.2, 0.25) is 0 Å². The van der Waals surface area contributed by atoms with Gasteiger partial charge in [0.25, 0.3) is 0 Å². The van der Waals surface area contributed by atoms with Gasteiger partial charge in [-0.15, -0.1) is 0 Å². The van der Waals surface area contributed by atoms with Crippen molar-refractivity contribution in [2.24, 2.45) is 0 Å². The van der Waals surface area contributed by atoms with Gasteiger partial charge in [0.2, 0.25) is 5.91 Å². The Kier molecular flexibility index (Phi) is 43.1. The van der Waals surface area contributed by atoms with Crippen molar-refractivity contribution in [1.82, 2.24) is 5.32 Å². The summed E-state index contributed by atoms with van der Waals surface area (Å²) in [5, 5.41) is 22.9. The fourth-order valence-corrected chi connectivity index (χ4v) is 5.71. The van der Waals surface area contributed by atoms with Crippen LogP contribution < -0.4 is 5.32 Å². The average molecular weight is 770 g/mol. The second kappa shape index (κ2) is 45.9. The van der Waals surface area contributed by atoms with E-state index in [4.69, 9.17) is 0 Å². The molecule has 0 aliphatic rings. The Balaban J connectivity index is 3.73. The molecule has 1 amide bonds. The minimum atomic E-state index is -0.878. The average Bonchev–Trinajstić information content (AvgIpc) is 3.20. The lowest BCUT2D eigenvalue weighted by atomic mass is 10.1. The molecule has 2 unspecified atom stereocenters. The number of aliphatic hydroxyl groups excluding tert-OH is 2. The third-order valence-corrected chi connectivity index (χ3v) is 9.12. The highest BCUT2D eigenvalue weighted by Gasteiger charge is 2.17. The Morgan fingerprint density at radius 1 is 0.446 bits per heavy atom. The van der Waals surface area contributed by atoms with Gasteiger partial charge in [-0.05, 0) is 103 Å². The van der Waals surface area contributed by atoms with Gasteiger partial charge in [-0.25, -0.2) is 0 Å². The topological polar surface area (TPSA) is 69.6 Å². The fourth-order valence-electron chi connectivity index (χ4n) is 5.71. The van der Waals surface area contributed by atoms with Crippen LogP contribution in [0.3, 0.4) is 0 Å². The van der Waals surface area contributed by atoms with Crippen LogP contribution in [-0.4, -0.2) is 34.9 Å². The van der Waals surface area contributed by atoms with Crippen molar-refractivity contribution in [2.45, 2.75) is 180 Å². The molecule has 0 rings (SSSR count). The lowest BCUT2D eigenvalue weighted by molar-refractivity contribution is -0.123. The SMILES string of the molecule is CC/C=C\C/C=C\C/C=C\C/C=C\C/C=C\C/C=C\C/C=C\C/C=C\C/C=C\CCCCCCCC(=O)NC(CO)C(O)/C=C/CC/C=C/CCCCCCC. The summed E-state index contributed by atoms with van der Waals surface area (Å²) in [5.74, 6) is -0.102. The van der Waals surface area contributed by atoms with Crippen LogP contribution in [0, 0.1) is 0 Å². The number of rotatable bonds is 38. The summed E-state index contributed by atoms with van der Waals surface area (Å²) in [4.78, 5) is 12.4. The molecule has 0 aromatic rings. The number of hydrogen-bond acceptors (Lipinski definition) is 3. The summed E-state index contributed by atoms with van der Waals surface area (Å²) in [5.41, 5.74) is 0. The van der Waals surface area contributed by atoms with Crippen LogP contribution in [-0.2, 0) is 4.79 Å². The molecular weight excluding hydrogens is 687 g/mol. The molecule has 4 heteroatoms. The van der Waals surface area contributed by atoms with E-state index < -0.39 is 12.1 Å². The lowest BCUT2D eigenvalue weighted by Crippen LogP contribution is -2.45. The summed E-state index contributed by atoms with van der Waals surface area (Å²) in [6.07, 6.45) is 72.7. The first-order valence-corrected chi connectivity index (χ1v) is 22.4. The Morgan fingerprint density at radius 3 is 1.25 bits per heavy atom. The molecule has 0 aliphatic heterocycles. The van der Waals surface area contributed by atoms with Crippen molar-refractivity contribution in [3.63, 3.8) is 0 Å². The minimum absolute atomic E-state index is 0.102. The molecule has 0 aliphatic carbocycles. The van der Waals surface area contributed by atoms with E-state index in [9.17, 15) is 15.0 Å². The van der Waals surface area contributed by atoms with Gasteiger partial charge in [-0.3, -0.25) is 4.79 Å². The number of nitrogens with one attached hydrogen (secondary N) is 1. The number of amides is 1. The van der Waals surface area contributed by atoms with Gasteiger partial charge < -0.3 is 15.5 Å². The Bertz CT molecular complexity index is 1190. The van der Waals surface area contributed by atoms with Crippen molar-refractivity contribution in [2.75, 3.05) is 6.61 Å². The van der Waals surface area contributed by atoms with Gasteiger partial charge in [-0.1, -0.05) is 192 Å². The summed E-state index contributed by atoms with van der Waals surface area (Å²) < 4.78 is 0. The molecule has 56 heavy (non-hydrogen) atoms. The molecule has 2 atom stereocenters. The summed E-state index contributed by atoms with van der Waals surface area (Å²) in [7, 11) is 0. The maximum absolute atomic E-state index is 12.4. The molecule has 4 nitrogen and oxygen atoms in total. The number of aliphatic hydroxyl groups is 2. The van der Waals surface area contributed by atoms with Gasteiger partial charge in [0.15, 0.2) is 0 Å². The number of hydrogen-bond donors (Lipinski definition) is 3. The highest BCUT2D eigenvalue weighted by atomic mass is 16.3. The number of carbonyl (C=O) groups excluding carboxylic acids is 1. The fraction of sp³-hybridized carbons (Fsp3) is 0.558. The van der Waals surface area contributed by atoms with Gasteiger partial charge in [0, 0.05) is 6.42 Å². The quantitative estimate of drug-likeness (QED) is 0.0433. The van der Waals surface area contributed by atoms with Gasteiger partial charge >= 0.3 is 0 Å². The summed E-state index contributed by atoms with van der Waals surface area (Å²) in [6, 6.07) is -0.658. The van der Waals surface area contributed by atoms with E-state index in [-0.39, 0.29) is 12.5 Å². The monoisotopic (exact) mass is 770 g/mol. The number of carbonyl (C=O) groups is 1. The van der Waals surface area contributed by atoms with Crippen LogP contribution >= 0.6 is 0 Å². The van der Waals surface area contributed by atoms with Gasteiger partial charge in [0.05, 0.1) is 18.8 Å². The first-order chi connectivity index (χ1) is 27.7. The molecule has 0 spiro atoms. The largest absolute Gasteiger partial charge is 0.394 e. The maximum atomic E-state index is 12.4. The van der Waals surface area contributed by atoms with E-state index in [1.54, 1.807) is 6.08 Å². The highest BCUT2D eigenvalue weighted by molar-refractivity contribution is 5.76. The second-order valence-corrected chi connectivity index (χ2v) is 14.4. The first kappa shape index (κ1) is 52.5. The summed E-state index contributed by atoms with van der Waals surface area (Å²) in [6.45, 7) is 4.12. The predicted molar refractivity (Wildman–Crippen MR) is 248 cm³/mol. The van der Waals surface area contributed by atoms with E-state index in [0.717, 1.165) is 103 Å². The predicted octanol–water partition coefficient (Wildman–Crippen LogP) is 14.3. The zero-order valence-electron chi connectivity index (χ0n) is 35.8. The van der Waals surface area contributed by atoms with Gasteiger partial charge in [-0.2, -0.15) is 0 Å². The smallest absolute Gasteiger partial charge is 0.220 e. The molecule has 3 N–H and O–H groups in total. The molecule has 0 aromatic heterocycles. The highest BCUT2D eigenvalue weighted by Crippen LogP contribution is 2.10. The zero-order chi connectivity index (χ0) is 40.7. The molecule has 0 saturated heterocycles. The number of unbranched alkanes of at least 4 members (excludes halogenated alkanes) is 11. The second-order valence-electron chi connectivity index (χ2n) is 14.4. The molecule has 0 saturated carbocycles. The van der Waals surface area contributed by atoms with E-state index in [2.05, 4.69) is 141 Å². The van der Waals surface area contributed by atoms with Crippen LogP contribution in [0.25, 0.3) is 0 Å². The van der Waals surface area contributed by atoms with Crippen molar-refractivity contribution in [1.29, 1.82) is 0 Å². The molecule has 0 radical (unpaired) electrons. The molecule has 0 fully saturated rings. The van der Waals surface area contributed by atoms with Crippen LogP contribution in [0.15, 0.2) is 134 Å². The number of allylic oxidation sites excluding steroid dienone is 21. The van der Waals surface area contributed by atoms with E-state index in [1.165, 1.54) is 44.9 Å². The van der Waals surface area contributed by atoms with Crippen molar-refractivity contribution >= 4 is 5.91 Å². The van der Waals surface area contributed by atoms with Crippen LogP contribution in [0.5, 0.6) is 0 Å². The Labute approximate surface area is 345 Å². The maximum Gasteiger partial charge on any atom is 0.220 e. The van der Waals surface area contributed by atoms with Crippen LogP contribution in [0.4, 0.5) is 0 Å². The lowest BCUT2D eigenvalue weighted by Gasteiger charge is -2.19. The standard InChI is InChI=1S/C52H83NO3/c1-3-5-7-9-11-13-15-16-17-18-19-20-21-22-23-24-25-26-27-28-29-30-31-32-33-34-35-36-38-40-42-44-46-48-52(56)53-50(49-54)51(55)47-45-43-41-39-37-14-12-10-8-6-4-2/h5,7,11,13,16-17,19-20,22-23,25-26,28-29,31-32,34-35,37,39,45,47,50-51,54-55H,3-4,6,8-10,12,14-15,18,21,24,27,30,33,36,38,40-44,46,48-49H2,1-2H3,(H,53,56)/b7-5-,13-11-,17-16-,20-19-,23-22-,26-25-,29-28-,32-31-,35-34-,39-37+,47-45+. The first-order valence-electron chi connectivity index (χ1n) is 22.4. The van der Waals surface area contributed by atoms with Crippen LogP contribution in [0.1, 0.15) is 168 Å². The van der Waals surface area contributed by atoms with E-state index >= 15 is 0 Å². The normalized spacial score (nSPS) is 14.3. The molecule has 0 heterocycles. The Morgan fingerprint density at radius 2 is 0.804 bits per heavy atom. The van der Waals surface area contributed by atoms with Crippen molar-refractivity contribution < 1.29 is 15.0 Å². The van der Waals surface area contributed by atoms with E-state index in [0.29, 0.717) is 6.42 Å². The van der Waals surface area contributed by atoms with Gasteiger partial charge in [0.1, 0.15) is 0 Å². The van der Waals surface area contributed by atoms with E-state index in [1.807, 2.05) is 6.08 Å². The van der Waals surface area contributed by atoms with Crippen molar-refractivity contribution in [3.8, 4) is 0 Å². The molecule has 314 valence electrons. The molecule has 0 aromatic carbocycles. The molecule has 0 bridgehead atoms. The summed E-state index contributed by atoms with van der Waals surface area (Å²) >= 11 is 0. The third kappa shape index (κ3) is 41.7. The Hall–Kier alpha value is -3.47. The van der Waals surface area contributed by atoms with Crippen molar-refractivity contribution in [3.05, 3.63) is 134 Å². The minimum Gasteiger partial charge on any atom is -0.394 e. The zero-order valence-corrected chi connectivity index (χ0v) is 35.8.